The number of hydrogen-bond donors (Lipinski definition) is 1. The Hall–Kier alpha value is -2.38. The molecule has 1 aromatic heterocycles. The van der Waals surface area contributed by atoms with Gasteiger partial charge < -0.3 is 5.11 Å². The average Bonchev–Trinajstić information content (AvgIpc) is 2.37. The maximum absolute atomic E-state index is 9.62. The summed E-state index contributed by atoms with van der Waals surface area (Å²) in [6.45, 7) is 0. The van der Waals surface area contributed by atoms with E-state index in [0.29, 0.717) is 16.3 Å². The Balaban J connectivity index is 2.48. The lowest BCUT2D eigenvalue weighted by atomic mass is 10.1. The van der Waals surface area contributed by atoms with Gasteiger partial charge in [-0.2, -0.15) is 5.26 Å². The maximum Gasteiger partial charge on any atom is 0.152 e. The number of pyridine rings is 1. The lowest BCUT2D eigenvalue weighted by Crippen LogP contribution is -1.97. The third kappa shape index (κ3) is 2.65. The molecule has 2 aromatic rings. The van der Waals surface area contributed by atoms with Gasteiger partial charge in [-0.1, -0.05) is 17.7 Å². The smallest absolute Gasteiger partial charge is 0.152 e. The minimum atomic E-state index is -0.0835. The van der Waals surface area contributed by atoms with Gasteiger partial charge in [-0.05, 0) is 24.3 Å². The first-order valence-corrected chi connectivity index (χ1v) is 5.46. The molecular weight excluding hydrogens is 250 g/mol. The topological polar surface area (TPSA) is 69.3 Å². The van der Waals surface area contributed by atoms with Crippen LogP contribution < -0.4 is 0 Å². The molecule has 0 aliphatic heterocycles. The van der Waals surface area contributed by atoms with Crippen LogP contribution in [-0.2, 0) is 0 Å². The second kappa shape index (κ2) is 5.30. The highest BCUT2D eigenvalue weighted by molar-refractivity contribution is 6.30. The fourth-order valence-corrected chi connectivity index (χ4v) is 1.59. The van der Waals surface area contributed by atoms with Crippen LogP contribution in [0.5, 0.6) is 5.75 Å². The number of aliphatic imine (C=N–C) groups is 1. The van der Waals surface area contributed by atoms with Gasteiger partial charge in [-0.15, -0.1) is 0 Å². The molecule has 0 fully saturated rings. The number of benzene rings is 1. The van der Waals surface area contributed by atoms with Gasteiger partial charge in [0, 0.05) is 11.2 Å². The van der Waals surface area contributed by atoms with Crippen LogP contribution in [0.2, 0.25) is 5.02 Å². The van der Waals surface area contributed by atoms with Crippen LogP contribution in [0.15, 0.2) is 47.7 Å². The van der Waals surface area contributed by atoms with E-state index in [2.05, 4.69) is 9.98 Å². The summed E-state index contributed by atoms with van der Waals surface area (Å²) in [5.74, 6) is -0.0835. The van der Waals surface area contributed by atoms with E-state index in [1.165, 1.54) is 18.5 Å². The third-order valence-electron chi connectivity index (χ3n) is 2.21. The molecule has 5 heteroatoms. The highest BCUT2D eigenvalue weighted by Gasteiger charge is 2.08. The zero-order valence-corrected chi connectivity index (χ0v) is 9.96. The molecule has 88 valence electrons. The summed E-state index contributed by atoms with van der Waals surface area (Å²) in [6, 6.07) is 10.3. The van der Waals surface area contributed by atoms with E-state index in [4.69, 9.17) is 16.9 Å². The van der Waals surface area contributed by atoms with Gasteiger partial charge in [-0.3, -0.25) is 4.98 Å². The molecule has 18 heavy (non-hydrogen) atoms. The Labute approximate surface area is 109 Å². The SMILES string of the molecule is N#C/C(=N\c1cccc(Cl)c1)c1ccncc1O. The molecule has 0 saturated carbocycles. The molecule has 0 atom stereocenters. The lowest BCUT2D eigenvalue weighted by Gasteiger charge is -2.01. The van der Waals surface area contributed by atoms with Crippen molar-refractivity contribution in [2.75, 3.05) is 0 Å². The first-order chi connectivity index (χ1) is 8.70. The molecule has 0 bridgehead atoms. The molecule has 0 amide bonds. The second-order valence-electron chi connectivity index (χ2n) is 3.44. The number of nitrogens with zero attached hydrogens (tertiary/aromatic N) is 3. The molecule has 1 N–H and O–H groups in total. The maximum atomic E-state index is 9.62. The molecule has 0 unspecified atom stereocenters. The Bertz CT molecular complexity index is 647. The minimum absolute atomic E-state index is 0.0835. The molecule has 0 aliphatic carbocycles. The number of rotatable bonds is 2. The fourth-order valence-electron chi connectivity index (χ4n) is 1.41. The van der Waals surface area contributed by atoms with E-state index < -0.39 is 0 Å². The standard InChI is InChI=1S/C13H8ClN3O/c14-9-2-1-3-10(6-9)17-12(7-15)11-4-5-16-8-13(11)18/h1-6,8,18H/b17-12+. The first kappa shape index (κ1) is 12.1. The summed E-state index contributed by atoms with van der Waals surface area (Å²) in [5, 5.41) is 19.2. The molecule has 0 saturated heterocycles. The highest BCUT2D eigenvalue weighted by atomic mass is 35.5. The number of hydrogen-bond acceptors (Lipinski definition) is 4. The molecule has 1 aromatic carbocycles. The Kier molecular flexibility index (Phi) is 3.56. The summed E-state index contributed by atoms with van der Waals surface area (Å²) < 4.78 is 0. The molecule has 0 radical (unpaired) electrons. The van der Waals surface area contributed by atoms with Crippen molar-refractivity contribution in [2.45, 2.75) is 0 Å². The summed E-state index contributed by atoms with van der Waals surface area (Å²) in [4.78, 5) is 7.90. The van der Waals surface area contributed by atoms with Crippen molar-refractivity contribution in [2.24, 2.45) is 4.99 Å². The number of nitriles is 1. The molecular formula is C13H8ClN3O. The Morgan fingerprint density at radius 1 is 1.39 bits per heavy atom. The van der Waals surface area contributed by atoms with Gasteiger partial charge in [0.15, 0.2) is 5.71 Å². The van der Waals surface area contributed by atoms with E-state index in [-0.39, 0.29) is 11.5 Å². The van der Waals surface area contributed by atoms with Gasteiger partial charge in [0.05, 0.1) is 17.4 Å². The van der Waals surface area contributed by atoms with Gasteiger partial charge in [0.2, 0.25) is 0 Å². The van der Waals surface area contributed by atoms with Crippen LogP contribution in [0.3, 0.4) is 0 Å². The van der Waals surface area contributed by atoms with E-state index in [1.54, 1.807) is 24.3 Å². The number of halogens is 1. The lowest BCUT2D eigenvalue weighted by molar-refractivity contribution is 0.471. The van der Waals surface area contributed by atoms with E-state index >= 15 is 0 Å². The monoisotopic (exact) mass is 257 g/mol. The predicted octanol–water partition coefficient (Wildman–Crippen LogP) is 3.08. The van der Waals surface area contributed by atoms with Crippen molar-refractivity contribution < 1.29 is 5.11 Å². The summed E-state index contributed by atoms with van der Waals surface area (Å²) in [6.07, 6.45) is 2.75. The third-order valence-corrected chi connectivity index (χ3v) is 2.45. The Morgan fingerprint density at radius 2 is 2.22 bits per heavy atom. The summed E-state index contributed by atoms with van der Waals surface area (Å²) in [7, 11) is 0. The summed E-state index contributed by atoms with van der Waals surface area (Å²) in [5.41, 5.74) is 1.000. The highest BCUT2D eigenvalue weighted by Crippen LogP contribution is 2.21. The van der Waals surface area contributed by atoms with Crippen LogP contribution in [0.25, 0.3) is 0 Å². The largest absolute Gasteiger partial charge is 0.506 e. The van der Waals surface area contributed by atoms with Gasteiger partial charge >= 0.3 is 0 Å². The van der Waals surface area contributed by atoms with Crippen LogP contribution in [0.4, 0.5) is 5.69 Å². The van der Waals surface area contributed by atoms with Crippen LogP contribution >= 0.6 is 11.6 Å². The van der Waals surface area contributed by atoms with Crippen molar-refractivity contribution >= 4 is 23.0 Å². The normalized spacial score (nSPS) is 11.0. The van der Waals surface area contributed by atoms with Crippen molar-refractivity contribution in [3.05, 3.63) is 53.3 Å². The number of aromatic nitrogens is 1. The van der Waals surface area contributed by atoms with E-state index in [0.717, 1.165) is 0 Å². The molecule has 4 nitrogen and oxygen atoms in total. The predicted molar refractivity (Wildman–Crippen MR) is 69.2 cm³/mol. The van der Waals surface area contributed by atoms with Crippen molar-refractivity contribution in [1.29, 1.82) is 5.26 Å². The number of aromatic hydroxyl groups is 1. The Morgan fingerprint density at radius 3 is 2.89 bits per heavy atom. The van der Waals surface area contributed by atoms with Gasteiger partial charge in [0.1, 0.15) is 11.8 Å². The van der Waals surface area contributed by atoms with Gasteiger partial charge in [0.25, 0.3) is 0 Å². The molecule has 2 rings (SSSR count). The van der Waals surface area contributed by atoms with Crippen LogP contribution in [0, 0.1) is 11.3 Å². The average molecular weight is 258 g/mol. The quantitative estimate of drug-likeness (QED) is 0.841. The van der Waals surface area contributed by atoms with E-state index in [1.807, 2.05) is 6.07 Å². The van der Waals surface area contributed by atoms with Crippen LogP contribution in [0.1, 0.15) is 5.56 Å². The van der Waals surface area contributed by atoms with Crippen molar-refractivity contribution in [3.8, 4) is 11.8 Å². The van der Waals surface area contributed by atoms with Crippen molar-refractivity contribution in [3.63, 3.8) is 0 Å². The molecule has 1 heterocycles. The molecule has 0 aliphatic rings. The van der Waals surface area contributed by atoms with E-state index in [9.17, 15) is 5.11 Å². The summed E-state index contributed by atoms with van der Waals surface area (Å²) >= 11 is 5.84. The zero-order valence-electron chi connectivity index (χ0n) is 9.21. The van der Waals surface area contributed by atoms with Crippen LogP contribution in [-0.4, -0.2) is 15.8 Å². The zero-order chi connectivity index (χ0) is 13.0. The fraction of sp³-hybridized carbons (Fsp3) is 0. The second-order valence-corrected chi connectivity index (χ2v) is 3.88. The van der Waals surface area contributed by atoms with Crippen molar-refractivity contribution in [1.82, 2.24) is 4.98 Å². The minimum Gasteiger partial charge on any atom is -0.506 e. The molecule has 0 spiro atoms. The first-order valence-electron chi connectivity index (χ1n) is 5.08. The van der Waals surface area contributed by atoms with Gasteiger partial charge in [-0.25, -0.2) is 4.99 Å².